The Labute approximate surface area is 191 Å². The maximum Gasteiger partial charge on any atom is 0.339 e. The van der Waals surface area contributed by atoms with E-state index in [2.05, 4.69) is 10.2 Å². The van der Waals surface area contributed by atoms with Crippen LogP contribution in [0.25, 0.3) is 0 Å². The molecule has 10 nitrogen and oxygen atoms in total. The van der Waals surface area contributed by atoms with E-state index in [0.717, 1.165) is 18.8 Å². The van der Waals surface area contributed by atoms with E-state index in [9.17, 15) is 14.4 Å². The van der Waals surface area contributed by atoms with Crippen molar-refractivity contribution in [1.29, 1.82) is 0 Å². The van der Waals surface area contributed by atoms with Gasteiger partial charge in [-0.1, -0.05) is 0 Å². The molecule has 1 atom stereocenters. The number of hydrogen-bond donors (Lipinski definition) is 2. The number of methoxy groups -OCH3 is 1. The molecule has 1 heterocycles. The number of benzene rings is 2. The highest BCUT2D eigenvalue weighted by atomic mass is 16.5. The van der Waals surface area contributed by atoms with Gasteiger partial charge in [-0.05, 0) is 49.4 Å². The molecule has 33 heavy (non-hydrogen) atoms. The maximum absolute atomic E-state index is 12.5. The molecule has 0 aliphatic carbocycles. The normalized spacial score (nSPS) is 14.2. The fourth-order valence-electron chi connectivity index (χ4n) is 3.17. The Bertz CT molecular complexity index is 988. The Morgan fingerprint density at radius 2 is 1.79 bits per heavy atom. The number of nitrogens with zero attached hydrogens (tertiary/aromatic N) is 1. The van der Waals surface area contributed by atoms with Crippen LogP contribution in [0.15, 0.2) is 42.5 Å². The largest absolute Gasteiger partial charge is 0.493 e. The van der Waals surface area contributed by atoms with Crippen molar-refractivity contribution in [3.8, 4) is 11.5 Å². The second kappa shape index (κ2) is 11.2. The number of morpholine rings is 1. The smallest absolute Gasteiger partial charge is 0.339 e. The molecule has 10 heteroatoms. The van der Waals surface area contributed by atoms with Crippen LogP contribution < -0.4 is 25.4 Å². The summed E-state index contributed by atoms with van der Waals surface area (Å²) in [6.07, 6.45) is -1.03. The Morgan fingerprint density at radius 1 is 1.09 bits per heavy atom. The first-order valence-electron chi connectivity index (χ1n) is 10.4. The van der Waals surface area contributed by atoms with Gasteiger partial charge in [0.25, 0.3) is 11.8 Å². The molecule has 1 unspecified atom stereocenters. The van der Waals surface area contributed by atoms with Gasteiger partial charge in [-0.15, -0.1) is 0 Å². The predicted molar refractivity (Wildman–Crippen MR) is 121 cm³/mol. The van der Waals surface area contributed by atoms with Gasteiger partial charge in [0.05, 0.1) is 25.9 Å². The molecule has 3 N–H and O–H groups in total. The highest BCUT2D eigenvalue weighted by molar-refractivity contribution is 5.97. The lowest BCUT2D eigenvalue weighted by atomic mass is 10.2. The third-order valence-corrected chi connectivity index (χ3v) is 4.93. The summed E-state index contributed by atoms with van der Waals surface area (Å²) >= 11 is 0. The van der Waals surface area contributed by atoms with E-state index in [0.29, 0.717) is 18.9 Å². The van der Waals surface area contributed by atoms with Gasteiger partial charge in [0, 0.05) is 24.5 Å². The molecule has 1 fully saturated rings. The third-order valence-electron chi connectivity index (χ3n) is 4.93. The van der Waals surface area contributed by atoms with Crippen molar-refractivity contribution >= 4 is 29.2 Å². The lowest BCUT2D eigenvalue weighted by Crippen LogP contribution is -2.36. The van der Waals surface area contributed by atoms with Crippen LogP contribution in [0.5, 0.6) is 11.5 Å². The minimum atomic E-state index is -1.03. The standard InChI is InChI=1S/C23H27N3O7/c1-15(22(28)25-17-4-6-18(7-5-17)26-9-11-31-12-10-26)33-23(29)16-3-8-19(20(13-16)30-2)32-14-21(24)27/h3-8,13,15H,9-12,14H2,1-2H3,(H2,24,27)(H,25,28). The van der Waals surface area contributed by atoms with Gasteiger partial charge < -0.3 is 34.9 Å². The lowest BCUT2D eigenvalue weighted by Gasteiger charge is -2.28. The minimum Gasteiger partial charge on any atom is -0.493 e. The van der Waals surface area contributed by atoms with Crippen LogP contribution in [0.4, 0.5) is 11.4 Å². The average Bonchev–Trinajstić information content (AvgIpc) is 2.83. The number of carbonyl (C=O) groups is 3. The number of ether oxygens (including phenoxy) is 4. The molecule has 176 valence electrons. The molecule has 0 bridgehead atoms. The molecule has 2 amide bonds. The van der Waals surface area contributed by atoms with E-state index >= 15 is 0 Å². The van der Waals surface area contributed by atoms with Crippen molar-refractivity contribution in [1.82, 2.24) is 0 Å². The van der Waals surface area contributed by atoms with Gasteiger partial charge in [-0.25, -0.2) is 4.79 Å². The fraction of sp³-hybridized carbons (Fsp3) is 0.348. The zero-order valence-electron chi connectivity index (χ0n) is 18.5. The number of nitrogens with one attached hydrogen (secondary N) is 1. The van der Waals surface area contributed by atoms with Crippen LogP contribution in [-0.4, -0.2) is 63.9 Å². The Morgan fingerprint density at radius 3 is 2.42 bits per heavy atom. The Hall–Kier alpha value is -3.79. The Kier molecular flexibility index (Phi) is 8.09. The molecule has 0 aromatic heterocycles. The molecule has 2 aromatic rings. The van der Waals surface area contributed by atoms with Crippen LogP contribution in [0.3, 0.4) is 0 Å². The minimum absolute atomic E-state index is 0.160. The van der Waals surface area contributed by atoms with Crippen LogP contribution >= 0.6 is 0 Å². The Balaban J connectivity index is 1.56. The van der Waals surface area contributed by atoms with E-state index in [1.54, 1.807) is 12.1 Å². The molecule has 2 aromatic carbocycles. The highest BCUT2D eigenvalue weighted by Gasteiger charge is 2.21. The molecule has 3 rings (SSSR count). The number of amides is 2. The number of anilines is 2. The van der Waals surface area contributed by atoms with Crippen molar-refractivity contribution in [3.63, 3.8) is 0 Å². The molecule has 1 aliphatic rings. The number of primary amides is 1. The van der Waals surface area contributed by atoms with E-state index < -0.39 is 23.9 Å². The fourth-order valence-corrected chi connectivity index (χ4v) is 3.17. The lowest BCUT2D eigenvalue weighted by molar-refractivity contribution is -0.123. The average molecular weight is 457 g/mol. The topological polar surface area (TPSA) is 129 Å². The monoisotopic (exact) mass is 457 g/mol. The third kappa shape index (κ3) is 6.59. The van der Waals surface area contributed by atoms with Crippen LogP contribution in [-0.2, 0) is 19.1 Å². The van der Waals surface area contributed by atoms with Gasteiger partial charge in [-0.3, -0.25) is 9.59 Å². The van der Waals surface area contributed by atoms with E-state index in [4.69, 9.17) is 24.7 Å². The van der Waals surface area contributed by atoms with Crippen molar-refractivity contribution in [3.05, 3.63) is 48.0 Å². The number of carbonyl (C=O) groups excluding carboxylic acids is 3. The van der Waals surface area contributed by atoms with Gasteiger partial charge >= 0.3 is 5.97 Å². The van der Waals surface area contributed by atoms with Crippen molar-refractivity contribution in [2.75, 3.05) is 50.2 Å². The molecule has 0 saturated carbocycles. The summed E-state index contributed by atoms with van der Waals surface area (Å²) in [5, 5.41) is 2.74. The summed E-state index contributed by atoms with van der Waals surface area (Å²) in [5.41, 5.74) is 6.87. The first-order valence-corrected chi connectivity index (χ1v) is 10.4. The quantitative estimate of drug-likeness (QED) is 0.543. The molecular formula is C23H27N3O7. The van der Waals surface area contributed by atoms with Crippen molar-refractivity contribution < 1.29 is 33.3 Å². The van der Waals surface area contributed by atoms with Gasteiger partial charge in [0.1, 0.15) is 0 Å². The summed E-state index contributed by atoms with van der Waals surface area (Å²) in [7, 11) is 1.39. The molecule has 0 radical (unpaired) electrons. The molecule has 0 spiro atoms. The zero-order valence-corrected chi connectivity index (χ0v) is 18.5. The van der Waals surface area contributed by atoms with E-state index in [-0.39, 0.29) is 23.7 Å². The van der Waals surface area contributed by atoms with E-state index in [1.165, 1.54) is 32.2 Å². The summed E-state index contributed by atoms with van der Waals surface area (Å²) in [4.78, 5) is 38.1. The van der Waals surface area contributed by atoms with Gasteiger partial charge in [0.2, 0.25) is 0 Å². The second-order valence-electron chi connectivity index (χ2n) is 7.30. The number of rotatable bonds is 9. The predicted octanol–water partition coefficient (Wildman–Crippen LogP) is 1.58. The molecule has 1 aliphatic heterocycles. The number of nitrogens with two attached hydrogens (primary N) is 1. The maximum atomic E-state index is 12.5. The van der Waals surface area contributed by atoms with Crippen molar-refractivity contribution in [2.24, 2.45) is 5.73 Å². The first kappa shape index (κ1) is 23.9. The first-order chi connectivity index (χ1) is 15.9. The summed E-state index contributed by atoms with van der Waals surface area (Å²) < 4.78 is 21.0. The summed E-state index contributed by atoms with van der Waals surface area (Å²) in [6.45, 7) is 4.18. The summed E-state index contributed by atoms with van der Waals surface area (Å²) in [6, 6.07) is 11.7. The SMILES string of the molecule is COc1cc(C(=O)OC(C)C(=O)Nc2ccc(N3CCOCC3)cc2)ccc1OCC(N)=O. The van der Waals surface area contributed by atoms with Crippen LogP contribution in [0.2, 0.25) is 0 Å². The zero-order chi connectivity index (χ0) is 23.8. The second-order valence-corrected chi connectivity index (χ2v) is 7.30. The number of hydrogen-bond acceptors (Lipinski definition) is 8. The summed E-state index contributed by atoms with van der Waals surface area (Å²) in [5.74, 6) is -1.34. The van der Waals surface area contributed by atoms with Crippen molar-refractivity contribution in [2.45, 2.75) is 13.0 Å². The molecular weight excluding hydrogens is 430 g/mol. The van der Waals surface area contributed by atoms with Crippen LogP contribution in [0, 0.1) is 0 Å². The number of esters is 1. The molecule has 1 saturated heterocycles. The highest BCUT2D eigenvalue weighted by Crippen LogP contribution is 2.28. The van der Waals surface area contributed by atoms with Gasteiger partial charge in [-0.2, -0.15) is 0 Å². The van der Waals surface area contributed by atoms with Gasteiger partial charge in [0.15, 0.2) is 24.2 Å². The van der Waals surface area contributed by atoms with E-state index in [1.807, 2.05) is 12.1 Å². The van der Waals surface area contributed by atoms with Crippen LogP contribution in [0.1, 0.15) is 17.3 Å².